The van der Waals surface area contributed by atoms with Gasteiger partial charge in [0.05, 0.1) is 11.4 Å². The predicted octanol–water partition coefficient (Wildman–Crippen LogP) is 5.44. The van der Waals surface area contributed by atoms with Crippen molar-refractivity contribution in [2.45, 2.75) is 0 Å². The Morgan fingerprint density at radius 3 is 2.30 bits per heavy atom. The summed E-state index contributed by atoms with van der Waals surface area (Å²) in [5, 5.41) is 10.8. The first kappa shape index (κ1) is 20.6. The van der Waals surface area contributed by atoms with E-state index in [1.54, 1.807) is 30.3 Å². The molecule has 1 amide bonds. The molecule has 0 aliphatic heterocycles. The summed E-state index contributed by atoms with van der Waals surface area (Å²) in [6.07, 6.45) is 2.54. The molecule has 3 rings (SSSR count). The van der Waals surface area contributed by atoms with Crippen LogP contribution in [0.3, 0.4) is 0 Å². The van der Waals surface area contributed by atoms with Gasteiger partial charge in [0.15, 0.2) is 6.61 Å². The molecule has 6 nitrogen and oxygen atoms in total. The van der Waals surface area contributed by atoms with Gasteiger partial charge in [-0.1, -0.05) is 30.3 Å². The number of ether oxygens (including phenoxy) is 1. The minimum atomic E-state index is -0.703. The molecule has 0 spiro atoms. The molecule has 0 atom stereocenters. The number of anilines is 1. The first-order valence-corrected chi connectivity index (χ1v) is 9.05. The number of azo groups is 1. The van der Waals surface area contributed by atoms with Gasteiger partial charge in [-0.15, -0.1) is 0 Å². The lowest BCUT2D eigenvalue weighted by Crippen LogP contribution is -2.20. The van der Waals surface area contributed by atoms with Crippen LogP contribution in [0, 0.1) is 5.82 Å². The molecule has 0 aromatic heterocycles. The van der Waals surface area contributed by atoms with Crippen LogP contribution in [0.2, 0.25) is 0 Å². The average Bonchev–Trinajstić information content (AvgIpc) is 2.76. The number of rotatable bonds is 7. The first-order chi connectivity index (χ1) is 14.6. The van der Waals surface area contributed by atoms with Crippen LogP contribution < -0.4 is 5.32 Å². The number of carbonyl (C=O) groups excluding carboxylic acids is 2. The number of carbonyl (C=O) groups is 2. The van der Waals surface area contributed by atoms with Crippen molar-refractivity contribution in [1.82, 2.24) is 0 Å². The molecule has 0 saturated heterocycles. The van der Waals surface area contributed by atoms with Crippen molar-refractivity contribution < 1.29 is 18.7 Å². The fourth-order valence-corrected chi connectivity index (χ4v) is 2.38. The molecule has 3 aromatic rings. The van der Waals surface area contributed by atoms with Crippen molar-refractivity contribution in [2.24, 2.45) is 10.2 Å². The molecule has 0 saturated carbocycles. The maximum absolute atomic E-state index is 13.1. The van der Waals surface area contributed by atoms with E-state index in [2.05, 4.69) is 15.5 Å². The number of esters is 1. The Morgan fingerprint density at radius 1 is 0.900 bits per heavy atom. The number of benzene rings is 3. The van der Waals surface area contributed by atoms with Crippen LogP contribution in [0.5, 0.6) is 0 Å². The lowest BCUT2D eigenvalue weighted by molar-refractivity contribution is -0.142. The summed E-state index contributed by atoms with van der Waals surface area (Å²) >= 11 is 0. The zero-order valence-corrected chi connectivity index (χ0v) is 15.9. The minimum absolute atomic E-state index is 0.405. The Kier molecular flexibility index (Phi) is 7.16. The van der Waals surface area contributed by atoms with Gasteiger partial charge in [0, 0.05) is 11.8 Å². The summed E-state index contributed by atoms with van der Waals surface area (Å²) < 4.78 is 18.0. The molecular weight excluding hydrogens is 385 g/mol. The van der Waals surface area contributed by atoms with E-state index >= 15 is 0 Å². The highest BCUT2D eigenvalue weighted by atomic mass is 19.1. The van der Waals surface area contributed by atoms with Crippen molar-refractivity contribution in [3.05, 3.63) is 96.3 Å². The molecule has 0 radical (unpaired) electrons. The van der Waals surface area contributed by atoms with Gasteiger partial charge >= 0.3 is 5.97 Å². The summed E-state index contributed by atoms with van der Waals surface area (Å²) in [5.74, 6) is -1.59. The number of halogens is 1. The molecule has 1 N–H and O–H groups in total. The number of amides is 1. The zero-order chi connectivity index (χ0) is 21.2. The minimum Gasteiger partial charge on any atom is -0.452 e. The fraction of sp³-hybridized carbons (Fsp3) is 0.0435. The smallest absolute Gasteiger partial charge is 0.331 e. The number of hydrogen-bond acceptors (Lipinski definition) is 5. The van der Waals surface area contributed by atoms with Crippen LogP contribution in [-0.4, -0.2) is 18.5 Å². The van der Waals surface area contributed by atoms with Gasteiger partial charge in [-0.05, 0) is 60.2 Å². The molecule has 0 aliphatic rings. The Labute approximate surface area is 172 Å². The molecule has 150 valence electrons. The van der Waals surface area contributed by atoms with E-state index in [-0.39, 0.29) is 0 Å². The van der Waals surface area contributed by atoms with Crippen LogP contribution in [0.15, 0.2) is 95.2 Å². The Balaban J connectivity index is 1.45. The highest BCUT2D eigenvalue weighted by Gasteiger charge is 2.06. The number of hydrogen-bond donors (Lipinski definition) is 1. The summed E-state index contributed by atoms with van der Waals surface area (Å²) in [5.41, 5.74) is 2.42. The summed E-state index contributed by atoms with van der Waals surface area (Å²) in [6.45, 7) is -0.443. The molecule has 30 heavy (non-hydrogen) atoms. The molecule has 3 aromatic carbocycles. The lowest BCUT2D eigenvalue weighted by atomic mass is 10.2. The van der Waals surface area contributed by atoms with Gasteiger partial charge in [0.2, 0.25) is 0 Å². The molecule has 0 unspecified atom stereocenters. The average molecular weight is 403 g/mol. The van der Waals surface area contributed by atoms with E-state index in [1.807, 2.05) is 30.3 Å². The molecule has 0 fully saturated rings. The molecule has 0 bridgehead atoms. The van der Waals surface area contributed by atoms with Crippen LogP contribution in [0.1, 0.15) is 5.56 Å². The van der Waals surface area contributed by atoms with Crippen LogP contribution in [0.4, 0.5) is 21.5 Å². The van der Waals surface area contributed by atoms with Gasteiger partial charge in [0.25, 0.3) is 5.91 Å². The SMILES string of the molecule is O=C(COC(=O)/C=C/c1cccc(F)c1)Nc1ccc(N=Nc2ccccc2)cc1. The van der Waals surface area contributed by atoms with Crippen LogP contribution in [0.25, 0.3) is 6.08 Å². The van der Waals surface area contributed by atoms with E-state index in [1.165, 1.54) is 24.3 Å². The van der Waals surface area contributed by atoms with Crippen molar-refractivity contribution >= 4 is 35.0 Å². The third-order valence-corrected chi connectivity index (χ3v) is 3.79. The Hall–Kier alpha value is -4.13. The highest BCUT2D eigenvalue weighted by molar-refractivity contribution is 5.94. The first-order valence-electron chi connectivity index (χ1n) is 9.05. The van der Waals surface area contributed by atoms with Crippen LogP contribution in [-0.2, 0) is 14.3 Å². The van der Waals surface area contributed by atoms with Gasteiger partial charge in [-0.3, -0.25) is 4.79 Å². The molecule has 0 aliphatic carbocycles. The second-order valence-electron chi connectivity index (χ2n) is 6.13. The fourth-order valence-electron chi connectivity index (χ4n) is 2.38. The third-order valence-electron chi connectivity index (χ3n) is 3.79. The summed E-state index contributed by atoms with van der Waals surface area (Å²) in [6, 6.07) is 21.8. The second-order valence-corrected chi connectivity index (χ2v) is 6.13. The van der Waals surface area contributed by atoms with Crippen molar-refractivity contribution in [3.8, 4) is 0 Å². The number of nitrogens with zero attached hydrogens (tertiary/aromatic N) is 2. The zero-order valence-electron chi connectivity index (χ0n) is 15.9. The van der Waals surface area contributed by atoms with E-state index in [4.69, 9.17) is 4.74 Å². The normalized spacial score (nSPS) is 11.0. The molecule has 0 heterocycles. The Bertz CT molecular complexity index is 1060. The van der Waals surface area contributed by atoms with Crippen LogP contribution >= 0.6 is 0 Å². The topological polar surface area (TPSA) is 80.1 Å². The number of nitrogens with one attached hydrogen (secondary N) is 1. The molecular formula is C23H18FN3O3. The monoisotopic (exact) mass is 403 g/mol. The predicted molar refractivity (Wildman–Crippen MR) is 112 cm³/mol. The van der Waals surface area contributed by atoms with Crippen molar-refractivity contribution in [3.63, 3.8) is 0 Å². The Morgan fingerprint density at radius 2 is 1.60 bits per heavy atom. The third kappa shape index (κ3) is 6.79. The van der Waals surface area contributed by atoms with Crippen molar-refractivity contribution in [2.75, 3.05) is 11.9 Å². The maximum atomic E-state index is 13.1. The van der Waals surface area contributed by atoms with Gasteiger partial charge in [0.1, 0.15) is 5.82 Å². The van der Waals surface area contributed by atoms with E-state index in [9.17, 15) is 14.0 Å². The standard InChI is InChI=1S/C23H18FN3O3/c24-18-6-4-5-17(15-18)9-14-23(29)30-16-22(28)25-19-10-12-21(13-11-19)27-26-20-7-2-1-3-8-20/h1-15H,16H2,(H,25,28)/b14-9+,27-26?. The van der Waals surface area contributed by atoms with E-state index < -0.39 is 24.3 Å². The van der Waals surface area contributed by atoms with E-state index in [0.29, 0.717) is 16.9 Å². The lowest BCUT2D eigenvalue weighted by Gasteiger charge is -2.05. The van der Waals surface area contributed by atoms with Crippen molar-refractivity contribution in [1.29, 1.82) is 0 Å². The largest absolute Gasteiger partial charge is 0.452 e. The van der Waals surface area contributed by atoms with Gasteiger partial charge in [-0.25, -0.2) is 9.18 Å². The van der Waals surface area contributed by atoms with Gasteiger partial charge < -0.3 is 10.1 Å². The van der Waals surface area contributed by atoms with Gasteiger partial charge in [-0.2, -0.15) is 10.2 Å². The molecule has 7 heteroatoms. The summed E-state index contributed by atoms with van der Waals surface area (Å²) in [4.78, 5) is 23.6. The summed E-state index contributed by atoms with van der Waals surface area (Å²) in [7, 11) is 0. The van der Waals surface area contributed by atoms with E-state index in [0.717, 1.165) is 11.8 Å². The quantitative estimate of drug-likeness (QED) is 0.324. The maximum Gasteiger partial charge on any atom is 0.331 e. The second kappa shape index (κ2) is 10.4. The highest BCUT2D eigenvalue weighted by Crippen LogP contribution is 2.20.